The van der Waals surface area contributed by atoms with Gasteiger partial charge >= 0.3 is 0 Å². The standard InChI is InChI=1S/C30H34N6O4/c1-6-30(2,3)36-28(32-33-34-36)27(25-17-21-16-23(39-5)12-13-26(21)31-29(25)37)35(19-24-11-8-14-40-24)18-20-9-7-10-22(15-20)38-4/h7-17,27H,6,18-19H2,1-5H3,(H,31,37)/t27-/m0/s1. The van der Waals surface area contributed by atoms with E-state index in [1.54, 1.807) is 20.5 Å². The van der Waals surface area contributed by atoms with Crippen molar-refractivity contribution >= 4 is 10.9 Å². The van der Waals surface area contributed by atoms with E-state index < -0.39 is 11.6 Å². The molecule has 0 saturated carbocycles. The zero-order chi connectivity index (χ0) is 28.3. The summed E-state index contributed by atoms with van der Waals surface area (Å²) in [5.74, 6) is 2.76. The number of benzene rings is 2. The predicted octanol–water partition coefficient (Wildman–Crippen LogP) is 5.06. The molecule has 5 rings (SSSR count). The van der Waals surface area contributed by atoms with Crippen LogP contribution in [0.2, 0.25) is 0 Å². The quantitative estimate of drug-likeness (QED) is 0.247. The second kappa shape index (κ2) is 11.4. The second-order valence-electron chi connectivity index (χ2n) is 10.4. The maximum atomic E-state index is 13.8. The smallest absolute Gasteiger partial charge is 0.253 e. The van der Waals surface area contributed by atoms with Gasteiger partial charge in [-0.05, 0) is 84.8 Å². The highest BCUT2D eigenvalue weighted by Gasteiger charge is 2.35. The number of H-pyrrole nitrogens is 1. The molecule has 0 bridgehead atoms. The molecule has 3 heterocycles. The number of ether oxygens (including phenoxy) is 2. The van der Waals surface area contributed by atoms with Crippen LogP contribution in [0.25, 0.3) is 10.9 Å². The fourth-order valence-corrected chi connectivity index (χ4v) is 4.82. The molecule has 40 heavy (non-hydrogen) atoms. The molecule has 0 radical (unpaired) electrons. The lowest BCUT2D eigenvalue weighted by atomic mass is 9.98. The van der Waals surface area contributed by atoms with Gasteiger partial charge in [-0.2, -0.15) is 0 Å². The van der Waals surface area contributed by atoms with Gasteiger partial charge in [0.25, 0.3) is 5.56 Å². The van der Waals surface area contributed by atoms with Crippen molar-refractivity contribution in [2.75, 3.05) is 14.2 Å². The number of tetrazole rings is 1. The van der Waals surface area contributed by atoms with Crippen LogP contribution >= 0.6 is 0 Å². The molecule has 1 atom stereocenters. The second-order valence-corrected chi connectivity index (χ2v) is 10.4. The number of hydrogen-bond donors (Lipinski definition) is 1. The van der Waals surface area contributed by atoms with E-state index in [4.69, 9.17) is 13.9 Å². The molecule has 0 aliphatic carbocycles. The summed E-state index contributed by atoms with van der Waals surface area (Å²) in [5.41, 5.74) is 1.62. The summed E-state index contributed by atoms with van der Waals surface area (Å²) in [7, 11) is 3.27. The molecule has 2 aromatic carbocycles. The topological polar surface area (TPSA) is 111 Å². The van der Waals surface area contributed by atoms with E-state index in [-0.39, 0.29) is 5.56 Å². The number of fused-ring (bicyclic) bond motifs is 1. The lowest BCUT2D eigenvalue weighted by Gasteiger charge is -2.33. The van der Waals surface area contributed by atoms with Crippen molar-refractivity contribution < 1.29 is 13.9 Å². The van der Waals surface area contributed by atoms with Crippen LogP contribution in [0.1, 0.15) is 55.9 Å². The Bertz CT molecular complexity index is 1640. The molecule has 0 amide bonds. The van der Waals surface area contributed by atoms with Crippen molar-refractivity contribution in [2.24, 2.45) is 0 Å². The first kappa shape index (κ1) is 27.1. The number of furan rings is 1. The fraction of sp³-hybridized carbons (Fsp3) is 0.333. The third kappa shape index (κ3) is 5.48. The van der Waals surface area contributed by atoms with E-state index in [0.29, 0.717) is 35.7 Å². The highest BCUT2D eigenvalue weighted by Crippen LogP contribution is 2.33. The van der Waals surface area contributed by atoms with Gasteiger partial charge in [0.05, 0.1) is 32.6 Å². The van der Waals surface area contributed by atoms with Gasteiger partial charge in [0, 0.05) is 23.0 Å². The summed E-state index contributed by atoms with van der Waals surface area (Å²) in [6.07, 6.45) is 2.44. The van der Waals surface area contributed by atoms with Gasteiger partial charge in [-0.3, -0.25) is 9.69 Å². The molecule has 3 aromatic heterocycles. The number of aromatic amines is 1. The van der Waals surface area contributed by atoms with Gasteiger partial charge in [-0.25, -0.2) is 4.68 Å². The molecule has 0 aliphatic rings. The summed E-state index contributed by atoms with van der Waals surface area (Å²) in [4.78, 5) is 19.0. The Morgan fingerprint density at radius 1 is 1.02 bits per heavy atom. The normalized spacial score (nSPS) is 12.7. The lowest BCUT2D eigenvalue weighted by Crippen LogP contribution is -2.38. The minimum atomic E-state index is -0.614. The largest absolute Gasteiger partial charge is 0.497 e. The van der Waals surface area contributed by atoms with E-state index in [0.717, 1.165) is 28.9 Å². The molecule has 10 nitrogen and oxygen atoms in total. The number of hydrogen-bond acceptors (Lipinski definition) is 8. The van der Waals surface area contributed by atoms with Crippen molar-refractivity contribution in [3.63, 3.8) is 0 Å². The summed E-state index contributed by atoms with van der Waals surface area (Å²) in [5, 5.41) is 13.8. The zero-order valence-corrected chi connectivity index (χ0v) is 23.4. The van der Waals surface area contributed by atoms with Crippen LogP contribution in [-0.4, -0.2) is 44.3 Å². The van der Waals surface area contributed by atoms with E-state index in [2.05, 4.69) is 46.2 Å². The van der Waals surface area contributed by atoms with Crippen molar-refractivity contribution in [2.45, 2.75) is 51.9 Å². The summed E-state index contributed by atoms with van der Waals surface area (Å²) < 4.78 is 18.5. The molecule has 0 fully saturated rings. The van der Waals surface area contributed by atoms with Gasteiger partial charge < -0.3 is 18.9 Å². The van der Waals surface area contributed by atoms with Crippen LogP contribution in [0.5, 0.6) is 11.5 Å². The Kier molecular flexibility index (Phi) is 7.70. The number of nitrogens with one attached hydrogen (secondary N) is 1. The Morgan fingerprint density at radius 2 is 1.82 bits per heavy atom. The molecular formula is C30H34N6O4. The van der Waals surface area contributed by atoms with Crippen LogP contribution < -0.4 is 15.0 Å². The first-order valence-corrected chi connectivity index (χ1v) is 13.2. The molecule has 0 unspecified atom stereocenters. The predicted molar refractivity (Wildman–Crippen MR) is 151 cm³/mol. The van der Waals surface area contributed by atoms with Crippen LogP contribution in [0.3, 0.4) is 0 Å². The average molecular weight is 543 g/mol. The molecule has 208 valence electrons. The van der Waals surface area contributed by atoms with Crippen LogP contribution in [0, 0.1) is 0 Å². The van der Waals surface area contributed by atoms with Gasteiger partial charge in [0.2, 0.25) is 0 Å². The first-order valence-electron chi connectivity index (χ1n) is 13.2. The van der Waals surface area contributed by atoms with Crippen molar-refractivity contribution in [3.05, 3.63) is 100.0 Å². The van der Waals surface area contributed by atoms with Crippen molar-refractivity contribution in [3.8, 4) is 11.5 Å². The van der Waals surface area contributed by atoms with Crippen molar-refractivity contribution in [1.29, 1.82) is 0 Å². The fourth-order valence-electron chi connectivity index (χ4n) is 4.82. The molecule has 5 aromatic rings. The Hall–Kier alpha value is -4.44. The maximum absolute atomic E-state index is 13.8. The number of pyridine rings is 1. The van der Waals surface area contributed by atoms with Crippen LogP contribution in [-0.2, 0) is 18.6 Å². The van der Waals surface area contributed by atoms with Gasteiger partial charge in [0.1, 0.15) is 23.3 Å². The van der Waals surface area contributed by atoms with E-state index in [9.17, 15) is 4.79 Å². The highest BCUT2D eigenvalue weighted by atomic mass is 16.5. The van der Waals surface area contributed by atoms with E-state index in [1.807, 2.05) is 65.3 Å². The van der Waals surface area contributed by atoms with Crippen LogP contribution in [0.15, 0.2) is 76.1 Å². The third-order valence-corrected chi connectivity index (χ3v) is 7.38. The Labute approximate surface area is 232 Å². The monoisotopic (exact) mass is 542 g/mol. The number of rotatable bonds is 11. The molecule has 0 aliphatic heterocycles. The number of aromatic nitrogens is 5. The maximum Gasteiger partial charge on any atom is 0.253 e. The van der Waals surface area contributed by atoms with Gasteiger partial charge in [0.15, 0.2) is 5.82 Å². The molecule has 10 heteroatoms. The Balaban J connectivity index is 1.73. The Morgan fingerprint density at radius 3 is 2.55 bits per heavy atom. The molecule has 0 saturated heterocycles. The first-order chi connectivity index (χ1) is 19.3. The minimum Gasteiger partial charge on any atom is -0.497 e. The summed E-state index contributed by atoms with van der Waals surface area (Å²) >= 11 is 0. The highest BCUT2D eigenvalue weighted by molar-refractivity contribution is 5.80. The number of nitrogens with zero attached hydrogens (tertiary/aromatic N) is 5. The van der Waals surface area contributed by atoms with Crippen molar-refractivity contribution in [1.82, 2.24) is 30.1 Å². The summed E-state index contributed by atoms with van der Waals surface area (Å²) in [6.45, 7) is 7.13. The molecule has 0 spiro atoms. The molecular weight excluding hydrogens is 508 g/mol. The SMILES string of the molecule is CCC(C)(C)n1nnnc1[C@H](c1cc2cc(OC)ccc2[nH]c1=O)N(Cc1cccc(OC)c1)Cc1ccco1. The van der Waals surface area contributed by atoms with E-state index >= 15 is 0 Å². The van der Waals surface area contributed by atoms with E-state index in [1.165, 1.54) is 0 Å². The zero-order valence-electron chi connectivity index (χ0n) is 23.4. The third-order valence-electron chi connectivity index (χ3n) is 7.38. The van der Waals surface area contributed by atoms with Gasteiger partial charge in [-0.1, -0.05) is 19.1 Å². The lowest BCUT2D eigenvalue weighted by molar-refractivity contribution is 0.168. The summed E-state index contributed by atoms with van der Waals surface area (Å²) in [6, 6.07) is 18.5. The average Bonchev–Trinajstić information content (AvgIpc) is 3.66. The number of methoxy groups -OCH3 is 2. The van der Waals surface area contributed by atoms with Gasteiger partial charge in [-0.15, -0.1) is 5.10 Å². The molecule has 1 N–H and O–H groups in total. The van der Waals surface area contributed by atoms with Crippen LogP contribution in [0.4, 0.5) is 0 Å². The minimum absolute atomic E-state index is 0.221.